The van der Waals surface area contributed by atoms with Crippen molar-refractivity contribution >= 4 is 34.0 Å². The number of aryl methyl sites for hydroxylation is 1. The van der Waals surface area contributed by atoms with Crippen molar-refractivity contribution in [3.8, 4) is 5.75 Å². The van der Waals surface area contributed by atoms with Crippen molar-refractivity contribution in [1.29, 1.82) is 0 Å². The third kappa shape index (κ3) is 5.68. The molecule has 1 aromatic heterocycles. The SMILES string of the molecule is Cc1cc(OCC(=O)Nc2nnc(CC(C)C)s2)c(C(C)C)cc1Cl. The fourth-order valence-corrected chi connectivity index (χ4v) is 3.42. The number of anilines is 1. The van der Waals surface area contributed by atoms with Gasteiger partial charge >= 0.3 is 0 Å². The topological polar surface area (TPSA) is 64.1 Å². The molecule has 136 valence electrons. The molecule has 0 aliphatic rings. The van der Waals surface area contributed by atoms with Gasteiger partial charge in [0.05, 0.1) is 0 Å². The zero-order valence-corrected chi connectivity index (χ0v) is 16.8. The Labute approximate surface area is 157 Å². The largest absolute Gasteiger partial charge is 0.483 e. The van der Waals surface area contributed by atoms with Crippen molar-refractivity contribution in [2.45, 2.75) is 47.0 Å². The molecule has 0 saturated carbocycles. The number of nitrogens with zero attached hydrogens (tertiary/aromatic N) is 2. The van der Waals surface area contributed by atoms with Crippen molar-refractivity contribution in [3.05, 3.63) is 33.3 Å². The van der Waals surface area contributed by atoms with E-state index in [4.69, 9.17) is 16.3 Å². The second-order valence-corrected chi connectivity index (χ2v) is 8.20. The standard InChI is InChI=1S/C18H24ClN3O2S/c1-10(2)6-17-21-22-18(25-17)20-16(23)9-24-15-7-12(5)14(19)8-13(15)11(3)4/h7-8,10-11H,6,9H2,1-5H3,(H,20,22,23). The molecule has 0 saturated heterocycles. The van der Waals surface area contributed by atoms with Gasteiger partial charge in [0.25, 0.3) is 5.91 Å². The van der Waals surface area contributed by atoms with Crippen LogP contribution in [-0.2, 0) is 11.2 Å². The van der Waals surface area contributed by atoms with Crippen molar-refractivity contribution in [2.75, 3.05) is 11.9 Å². The van der Waals surface area contributed by atoms with Gasteiger partial charge < -0.3 is 4.74 Å². The Hall–Kier alpha value is -1.66. The number of nitrogens with one attached hydrogen (secondary N) is 1. The van der Waals surface area contributed by atoms with Crippen LogP contribution < -0.4 is 10.1 Å². The Kier molecular flexibility index (Phi) is 6.79. The number of aromatic nitrogens is 2. The first-order valence-corrected chi connectivity index (χ1v) is 9.50. The Morgan fingerprint density at radius 2 is 2.00 bits per heavy atom. The maximum absolute atomic E-state index is 12.1. The molecule has 5 nitrogen and oxygen atoms in total. The van der Waals surface area contributed by atoms with Gasteiger partial charge in [-0.05, 0) is 42.0 Å². The first kappa shape index (κ1) is 19.7. The van der Waals surface area contributed by atoms with E-state index < -0.39 is 0 Å². The third-order valence-corrected chi connectivity index (χ3v) is 4.84. The van der Waals surface area contributed by atoms with Gasteiger partial charge in [0.1, 0.15) is 10.8 Å². The molecular formula is C18H24ClN3O2S. The predicted octanol–water partition coefficient (Wildman–Crippen LogP) is 4.84. The van der Waals surface area contributed by atoms with Crippen LogP contribution in [0.3, 0.4) is 0 Å². The summed E-state index contributed by atoms with van der Waals surface area (Å²) in [6, 6.07) is 3.77. The molecule has 1 N–H and O–H groups in total. The first-order chi connectivity index (χ1) is 11.8. The first-order valence-electron chi connectivity index (χ1n) is 8.31. The summed E-state index contributed by atoms with van der Waals surface area (Å²) in [5, 5.41) is 12.9. The van der Waals surface area contributed by atoms with Crippen LogP contribution in [0.25, 0.3) is 0 Å². The summed E-state index contributed by atoms with van der Waals surface area (Å²) in [7, 11) is 0. The fourth-order valence-electron chi connectivity index (χ4n) is 2.28. The summed E-state index contributed by atoms with van der Waals surface area (Å²) in [6.07, 6.45) is 0.853. The van der Waals surface area contributed by atoms with Gasteiger partial charge in [-0.15, -0.1) is 10.2 Å². The highest BCUT2D eigenvalue weighted by atomic mass is 35.5. The lowest BCUT2D eigenvalue weighted by Crippen LogP contribution is -2.20. The van der Waals surface area contributed by atoms with Crippen molar-refractivity contribution < 1.29 is 9.53 Å². The van der Waals surface area contributed by atoms with E-state index in [1.807, 2.05) is 19.1 Å². The van der Waals surface area contributed by atoms with Gasteiger partial charge in [-0.3, -0.25) is 10.1 Å². The number of rotatable bonds is 7. The molecule has 1 heterocycles. The van der Waals surface area contributed by atoms with E-state index in [1.54, 1.807) is 0 Å². The predicted molar refractivity (Wildman–Crippen MR) is 103 cm³/mol. The monoisotopic (exact) mass is 381 g/mol. The summed E-state index contributed by atoms with van der Waals surface area (Å²) in [5.74, 6) is 1.18. The summed E-state index contributed by atoms with van der Waals surface area (Å²) in [5.41, 5.74) is 1.91. The van der Waals surface area contributed by atoms with Crippen LogP contribution in [0.2, 0.25) is 5.02 Å². The van der Waals surface area contributed by atoms with E-state index in [-0.39, 0.29) is 18.4 Å². The van der Waals surface area contributed by atoms with Crippen molar-refractivity contribution in [1.82, 2.24) is 10.2 Å². The summed E-state index contributed by atoms with van der Waals surface area (Å²) in [6.45, 7) is 10.2. The van der Waals surface area contributed by atoms with Crippen LogP contribution in [0.15, 0.2) is 12.1 Å². The van der Waals surface area contributed by atoms with E-state index in [0.29, 0.717) is 21.8 Å². The zero-order valence-electron chi connectivity index (χ0n) is 15.2. The maximum atomic E-state index is 12.1. The van der Waals surface area contributed by atoms with Gasteiger partial charge in [-0.1, -0.05) is 50.6 Å². The number of benzene rings is 1. The second kappa shape index (κ2) is 8.63. The lowest BCUT2D eigenvalue weighted by atomic mass is 10.0. The Morgan fingerprint density at radius 1 is 1.28 bits per heavy atom. The zero-order chi connectivity index (χ0) is 18.6. The summed E-state index contributed by atoms with van der Waals surface area (Å²) >= 11 is 7.59. The molecule has 25 heavy (non-hydrogen) atoms. The van der Waals surface area contributed by atoms with Gasteiger partial charge in [0, 0.05) is 11.4 Å². The van der Waals surface area contributed by atoms with Gasteiger partial charge in [-0.2, -0.15) is 0 Å². The van der Waals surface area contributed by atoms with E-state index in [9.17, 15) is 4.79 Å². The van der Waals surface area contributed by atoms with Gasteiger partial charge in [0.15, 0.2) is 6.61 Å². The van der Waals surface area contributed by atoms with Crippen LogP contribution in [0.4, 0.5) is 5.13 Å². The number of amides is 1. The minimum atomic E-state index is -0.255. The van der Waals surface area contributed by atoms with Gasteiger partial charge in [-0.25, -0.2) is 0 Å². The van der Waals surface area contributed by atoms with E-state index in [1.165, 1.54) is 11.3 Å². The minimum Gasteiger partial charge on any atom is -0.483 e. The van der Waals surface area contributed by atoms with Gasteiger partial charge in [0.2, 0.25) is 5.13 Å². The smallest absolute Gasteiger partial charge is 0.264 e. The number of carbonyl (C=O) groups excluding carboxylic acids is 1. The summed E-state index contributed by atoms with van der Waals surface area (Å²) < 4.78 is 5.73. The molecule has 2 aromatic rings. The number of hydrogen-bond acceptors (Lipinski definition) is 5. The van der Waals surface area contributed by atoms with Crippen LogP contribution in [0.5, 0.6) is 5.75 Å². The summed E-state index contributed by atoms with van der Waals surface area (Å²) in [4.78, 5) is 12.1. The Bertz CT molecular complexity index is 744. The molecule has 0 spiro atoms. The highest BCUT2D eigenvalue weighted by Crippen LogP contribution is 2.32. The molecule has 7 heteroatoms. The highest BCUT2D eigenvalue weighted by molar-refractivity contribution is 7.15. The van der Waals surface area contributed by atoms with E-state index in [0.717, 1.165) is 22.6 Å². The number of ether oxygens (including phenoxy) is 1. The molecule has 0 fully saturated rings. The maximum Gasteiger partial charge on any atom is 0.264 e. The highest BCUT2D eigenvalue weighted by Gasteiger charge is 2.14. The normalized spacial score (nSPS) is 11.2. The number of halogens is 1. The lowest BCUT2D eigenvalue weighted by molar-refractivity contribution is -0.118. The van der Waals surface area contributed by atoms with E-state index >= 15 is 0 Å². The second-order valence-electron chi connectivity index (χ2n) is 6.73. The van der Waals surface area contributed by atoms with Crippen LogP contribution in [0, 0.1) is 12.8 Å². The quantitative estimate of drug-likeness (QED) is 0.745. The molecular weight excluding hydrogens is 358 g/mol. The Morgan fingerprint density at radius 3 is 2.64 bits per heavy atom. The molecule has 0 aliphatic heterocycles. The average molecular weight is 382 g/mol. The number of carbonyl (C=O) groups is 1. The van der Waals surface area contributed by atoms with Crippen LogP contribution in [-0.4, -0.2) is 22.7 Å². The lowest BCUT2D eigenvalue weighted by Gasteiger charge is -2.15. The van der Waals surface area contributed by atoms with Crippen LogP contribution >= 0.6 is 22.9 Å². The van der Waals surface area contributed by atoms with Crippen molar-refractivity contribution in [3.63, 3.8) is 0 Å². The molecule has 0 aliphatic carbocycles. The van der Waals surface area contributed by atoms with Crippen molar-refractivity contribution in [2.24, 2.45) is 5.92 Å². The average Bonchev–Trinajstić information content (AvgIpc) is 2.93. The molecule has 0 radical (unpaired) electrons. The van der Waals surface area contributed by atoms with E-state index in [2.05, 4.69) is 43.2 Å². The fraction of sp³-hybridized carbons (Fsp3) is 0.500. The molecule has 1 amide bonds. The molecule has 1 aromatic carbocycles. The minimum absolute atomic E-state index is 0.0834. The van der Waals surface area contributed by atoms with Crippen LogP contribution in [0.1, 0.15) is 49.7 Å². The third-order valence-electron chi connectivity index (χ3n) is 3.57. The molecule has 0 atom stereocenters. The molecule has 2 rings (SSSR count). The number of hydrogen-bond donors (Lipinski definition) is 1. The Balaban J connectivity index is 1.98. The molecule has 0 bridgehead atoms. The molecule has 0 unspecified atom stereocenters.